The van der Waals surface area contributed by atoms with Gasteiger partial charge in [-0.25, -0.2) is 0 Å². The summed E-state index contributed by atoms with van der Waals surface area (Å²) in [6.07, 6.45) is 0.759. The number of amides is 1. The number of nitrogens with one attached hydrogen (secondary N) is 1. The third kappa shape index (κ3) is 2.42. The van der Waals surface area contributed by atoms with Gasteiger partial charge in [0.2, 0.25) is 5.91 Å². The highest BCUT2D eigenvalue weighted by Gasteiger charge is 2.29. The fraction of sp³-hybridized carbons (Fsp3) is 0.364. The fourth-order valence-electron chi connectivity index (χ4n) is 1.83. The van der Waals surface area contributed by atoms with Gasteiger partial charge in [-0.1, -0.05) is 23.2 Å². The summed E-state index contributed by atoms with van der Waals surface area (Å²) in [5.74, 6) is 0.0653. The molecule has 0 saturated carbocycles. The van der Waals surface area contributed by atoms with Crippen molar-refractivity contribution in [2.24, 2.45) is 0 Å². The number of nitrogens with two attached hydrogens (primary N) is 1. The van der Waals surface area contributed by atoms with Crippen molar-refractivity contribution in [1.29, 1.82) is 0 Å². The first-order valence-corrected chi connectivity index (χ1v) is 6.00. The maximum atomic E-state index is 11.7. The molecule has 92 valence electrons. The van der Waals surface area contributed by atoms with Crippen molar-refractivity contribution >= 4 is 40.5 Å². The number of hydrogen-bond acceptors (Lipinski definition) is 3. The Hall–Kier alpha value is -1.13. The van der Waals surface area contributed by atoms with Crippen LogP contribution in [0.5, 0.6) is 0 Å². The average molecular weight is 274 g/mol. The third-order valence-electron chi connectivity index (χ3n) is 2.85. The quantitative estimate of drug-likeness (QED) is 0.813. The van der Waals surface area contributed by atoms with Crippen molar-refractivity contribution in [2.75, 3.05) is 24.6 Å². The molecule has 1 heterocycles. The Balaban J connectivity index is 2.19. The summed E-state index contributed by atoms with van der Waals surface area (Å²) in [4.78, 5) is 13.4. The Kier molecular flexibility index (Phi) is 3.35. The minimum absolute atomic E-state index is 0.0653. The molecule has 1 atom stereocenters. The number of carbonyl (C=O) groups is 1. The molecule has 4 nitrogen and oxygen atoms in total. The molecule has 1 fully saturated rings. The van der Waals surface area contributed by atoms with Gasteiger partial charge in [0.1, 0.15) is 6.04 Å². The number of carbonyl (C=O) groups excluding carboxylic acids is 1. The Morgan fingerprint density at radius 3 is 2.65 bits per heavy atom. The number of halogens is 2. The van der Waals surface area contributed by atoms with Crippen LogP contribution in [-0.4, -0.2) is 30.4 Å². The van der Waals surface area contributed by atoms with Gasteiger partial charge in [0.05, 0.1) is 21.4 Å². The first kappa shape index (κ1) is 12.3. The molecule has 1 saturated heterocycles. The van der Waals surface area contributed by atoms with Gasteiger partial charge in [0, 0.05) is 13.6 Å². The van der Waals surface area contributed by atoms with Crippen molar-refractivity contribution in [3.63, 3.8) is 0 Å². The Morgan fingerprint density at radius 1 is 1.41 bits per heavy atom. The second kappa shape index (κ2) is 4.63. The van der Waals surface area contributed by atoms with Gasteiger partial charge in [0.25, 0.3) is 0 Å². The minimum atomic E-state index is -0.237. The number of likely N-dealkylation sites (tertiary alicyclic amines) is 1. The van der Waals surface area contributed by atoms with E-state index in [1.165, 1.54) is 0 Å². The molecule has 6 heteroatoms. The maximum Gasteiger partial charge on any atom is 0.244 e. The van der Waals surface area contributed by atoms with Crippen LogP contribution < -0.4 is 11.1 Å². The zero-order valence-corrected chi connectivity index (χ0v) is 10.8. The summed E-state index contributed by atoms with van der Waals surface area (Å²) in [7, 11) is 1.78. The maximum absolute atomic E-state index is 11.7. The predicted molar refractivity (Wildman–Crippen MR) is 70.5 cm³/mol. The van der Waals surface area contributed by atoms with E-state index >= 15 is 0 Å². The molecule has 1 aliphatic heterocycles. The molecule has 2 rings (SSSR count). The van der Waals surface area contributed by atoms with Crippen molar-refractivity contribution in [1.82, 2.24) is 4.90 Å². The normalized spacial score (nSPS) is 19.8. The van der Waals surface area contributed by atoms with Gasteiger partial charge in [0.15, 0.2) is 0 Å². The molecule has 0 radical (unpaired) electrons. The number of hydrogen-bond donors (Lipinski definition) is 2. The molecular formula is C11H13Cl2N3O. The van der Waals surface area contributed by atoms with Crippen molar-refractivity contribution in [2.45, 2.75) is 12.5 Å². The molecule has 3 N–H and O–H groups in total. The first-order chi connectivity index (χ1) is 7.99. The highest BCUT2D eigenvalue weighted by atomic mass is 35.5. The summed E-state index contributed by atoms with van der Waals surface area (Å²) < 4.78 is 0. The minimum Gasteiger partial charge on any atom is -0.397 e. The summed E-state index contributed by atoms with van der Waals surface area (Å²) in [5, 5.41) is 3.92. The van der Waals surface area contributed by atoms with E-state index < -0.39 is 0 Å². The molecule has 1 aromatic carbocycles. The fourth-order valence-corrected chi connectivity index (χ4v) is 2.17. The molecule has 0 spiro atoms. The summed E-state index contributed by atoms with van der Waals surface area (Å²) in [5.41, 5.74) is 6.95. The second-order valence-electron chi connectivity index (χ2n) is 4.10. The molecule has 0 bridgehead atoms. The summed E-state index contributed by atoms with van der Waals surface area (Å²) in [6.45, 7) is 0.748. The van der Waals surface area contributed by atoms with Gasteiger partial charge < -0.3 is 16.0 Å². The third-order valence-corrected chi connectivity index (χ3v) is 3.57. The van der Waals surface area contributed by atoms with Gasteiger partial charge in [-0.15, -0.1) is 0 Å². The molecular weight excluding hydrogens is 261 g/mol. The largest absolute Gasteiger partial charge is 0.397 e. The van der Waals surface area contributed by atoms with E-state index in [1.54, 1.807) is 24.1 Å². The van der Waals surface area contributed by atoms with Crippen LogP contribution in [0.3, 0.4) is 0 Å². The zero-order chi connectivity index (χ0) is 12.6. The van der Waals surface area contributed by atoms with Crippen LogP contribution in [0.4, 0.5) is 11.4 Å². The lowest BCUT2D eigenvalue weighted by atomic mass is 10.2. The van der Waals surface area contributed by atoms with E-state index in [2.05, 4.69) is 5.32 Å². The average Bonchev–Trinajstić information content (AvgIpc) is 2.58. The lowest BCUT2D eigenvalue weighted by Crippen LogP contribution is -2.31. The van der Waals surface area contributed by atoms with E-state index in [4.69, 9.17) is 28.9 Å². The van der Waals surface area contributed by atoms with E-state index in [0.29, 0.717) is 21.4 Å². The van der Waals surface area contributed by atoms with Crippen LogP contribution in [0.15, 0.2) is 12.1 Å². The van der Waals surface area contributed by atoms with Crippen molar-refractivity contribution < 1.29 is 4.79 Å². The Bertz CT molecular complexity index is 464. The molecule has 1 amide bonds. The van der Waals surface area contributed by atoms with Gasteiger partial charge in [-0.2, -0.15) is 0 Å². The molecule has 17 heavy (non-hydrogen) atoms. The van der Waals surface area contributed by atoms with Crippen molar-refractivity contribution in [3.8, 4) is 0 Å². The van der Waals surface area contributed by atoms with Gasteiger partial charge in [-0.3, -0.25) is 4.79 Å². The molecule has 1 unspecified atom stereocenters. The van der Waals surface area contributed by atoms with Crippen LogP contribution in [-0.2, 0) is 4.79 Å². The monoisotopic (exact) mass is 273 g/mol. The Morgan fingerprint density at radius 2 is 2.06 bits per heavy atom. The van der Waals surface area contributed by atoms with E-state index in [0.717, 1.165) is 13.0 Å². The summed E-state index contributed by atoms with van der Waals surface area (Å²) >= 11 is 11.8. The SMILES string of the molecule is CN1CCC(Nc2cc(Cl)c(Cl)cc2N)C1=O. The topological polar surface area (TPSA) is 58.4 Å². The first-order valence-electron chi connectivity index (χ1n) is 5.25. The van der Waals surface area contributed by atoms with E-state index in [9.17, 15) is 4.79 Å². The number of benzene rings is 1. The number of rotatable bonds is 2. The van der Waals surface area contributed by atoms with Gasteiger partial charge in [-0.05, 0) is 18.6 Å². The van der Waals surface area contributed by atoms with Gasteiger partial charge >= 0.3 is 0 Å². The van der Waals surface area contributed by atoms with Crippen LogP contribution in [0, 0.1) is 0 Å². The molecule has 0 aliphatic carbocycles. The van der Waals surface area contributed by atoms with Crippen molar-refractivity contribution in [3.05, 3.63) is 22.2 Å². The highest BCUT2D eigenvalue weighted by molar-refractivity contribution is 6.42. The van der Waals surface area contributed by atoms with E-state index in [1.807, 2.05) is 0 Å². The van der Waals surface area contributed by atoms with Crippen LogP contribution in [0.2, 0.25) is 10.0 Å². The zero-order valence-electron chi connectivity index (χ0n) is 9.34. The van der Waals surface area contributed by atoms with Crippen LogP contribution in [0.25, 0.3) is 0 Å². The summed E-state index contributed by atoms with van der Waals surface area (Å²) in [6, 6.07) is 2.99. The lowest BCUT2D eigenvalue weighted by molar-refractivity contribution is -0.127. The van der Waals surface area contributed by atoms with Crippen LogP contribution >= 0.6 is 23.2 Å². The Labute approximate surface area is 110 Å². The number of nitrogen functional groups attached to an aromatic ring is 1. The number of likely N-dealkylation sites (N-methyl/N-ethyl adjacent to an activating group) is 1. The standard InChI is InChI=1S/C11H13Cl2N3O/c1-16-3-2-9(11(16)17)15-10-5-7(13)6(12)4-8(10)14/h4-5,9,15H,2-3,14H2,1H3. The number of nitrogens with zero attached hydrogens (tertiary/aromatic N) is 1. The second-order valence-corrected chi connectivity index (χ2v) is 4.91. The number of anilines is 2. The molecule has 1 aliphatic rings. The smallest absolute Gasteiger partial charge is 0.244 e. The highest BCUT2D eigenvalue weighted by Crippen LogP contribution is 2.31. The van der Waals surface area contributed by atoms with E-state index in [-0.39, 0.29) is 11.9 Å². The lowest BCUT2D eigenvalue weighted by Gasteiger charge is -2.15. The molecule has 0 aromatic heterocycles. The predicted octanol–water partition coefficient (Wildman–Crippen LogP) is 2.22. The van der Waals surface area contributed by atoms with Crippen LogP contribution in [0.1, 0.15) is 6.42 Å². The molecule has 1 aromatic rings.